The molecule has 0 aliphatic carbocycles. The van der Waals surface area contributed by atoms with Crippen LogP contribution in [-0.2, 0) is 41.6 Å². The van der Waals surface area contributed by atoms with Crippen LogP contribution in [0, 0.1) is 0 Å². The highest BCUT2D eigenvalue weighted by molar-refractivity contribution is 8.01. The number of nitrogens with two attached hydrogens (primary N) is 1. The van der Waals surface area contributed by atoms with E-state index in [1.54, 1.807) is 10.1 Å². The third-order valence-corrected chi connectivity index (χ3v) is 9.92. The van der Waals surface area contributed by atoms with Gasteiger partial charge in [-0.25, -0.2) is 19.3 Å². The quantitative estimate of drug-likeness (QED) is 0.118. The molecule has 3 N–H and O–H groups in total. The number of likely N-dealkylation sites (N-methyl/N-ethyl adjacent to an activating group) is 1. The zero-order chi connectivity index (χ0) is 32.7. The number of hydrogen-bond acceptors (Lipinski definition) is 16. The van der Waals surface area contributed by atoms with Crippen molar-refractivity contribution in [2.75, 3.05) is 37.9 Å². The van der Waals surface area contributed by atoms with Crippen LogP contribution in [0.4, 0.5) is 9.93 Å². The van der Waals surface area contributed by atoms with Gasteiger partial charge in [0.15, 0.2) is 5.13 Å². The van der Waals surface area contributed by atoms with E-state index >= 15 is 0 Å². The van der Waals surface area contributed by atoms with Crippen molar-refractivity contribution in [1.29, 1.82) is 0 Å². The molecule has 2 amide bonds. The molecule has 1 saturated heterocycles. The zero-order valence-electron chi connectivity index (χ0n) is 25.6. The molecule has 4 heterocycles. The van der Waals surface area contributed by atoms with Crippen LogP contribution < -0.4 is 11.1 Å². The van der Waals surface area contributed by atoms with Crippen molar-refractivity contribution in [1.82, 2.24) is 40.3 Å². The second-order valence-electron chi connectivity index (χ2n) is 10.4. The molecule has 2 aromatic heterocycles. The van der Waals surface area contributed by atoms with Crippen molar-refractivity contribution in [2.24, 2.45) is 0 Å². The van der Waals surface area contributed by atoms with E-state index in [2.05, 4.69) is 25.8 Å². The Morgan fingerprint density at radius 3 is 2.64 bits per heavy atom. The summed E-state index contributed by atoms with van der Waals surface area (Å²) in [6.07, 6.45) is -1.39. The Labute approximate surface area is 272 Å². The number of thiazole rings is 1. The molecule has 0 bridgehead atoms. The van der Waals surface area contributed by atoms with Gasteiger partial charge >= 0.3 is 12.1 Å². The Morgan fingerprint density at radius 2 is 1.98 bits per heavy atom. The average Bonchev–Trinajstić information content (AvgIpc) is 3.63. The number of anilines is 1. The van der Waals surface area contributed by atoms with Crippen LogP contribution in [-0.4, -0.2) is 115 Å². The van der Waals surface area contributed by atoms with Gasteiger partial charge in [0.1, 0.15) is 23.2 Å². The normalized spacial score (nSPS) is 18.5. The lowest BCUT2D eigenvalue weighted by molar-refractivity contribution is -0.169. The van der Waals surface area contributed by atoms with E-state index in [0.29, 0.717) is 46.7 Å². The summed E-state index contributed by atoms with van der Waals surface area (Å²) in [5.41, 5.74) is 6.80. The number of nitrogens with zero attached hydrogens (tertiary/aromatic N) is 7. The van der Waals surface area contributed by atoms with E-state index < -0.39 is 41.6 Å². The maximum atomic E-state index is 13.6. The molecule has 3 atom stereocenters. The van der Waals surface area contributed by atoms with Crippen LogP contribution >= 0.6 is 34.9 Å². The number of aromatic nitrogens is 5. The Morgan fingerprint density at radius 1 is 1.22 bits per heavy atom. The number of nitrogens with one attached hydrogen (secondary N) is 1. The number of ether oxygens (including phenoxy) is 3. The molecule has 16 nitrogen and oxygen atoms in total. The van der Waals surface area contributed by atoms with Gasteiger partial charge < -0.3 is 30.2 Å². The van der Waals surface area contributed by atoms with Crippen LogP contribution in [0.25, 0.3) is 0 Å². The number of hydrogen-bond donors (Lipinski definition) is 2. The highest BCUT2D eigenvalue weighted by Crippen LogP contribution is 2.42. The molecule has 1 unspecified atom stereocenters. The number of thioether (sulfide) groups is 2. The molecule has 246 valence electrons. The molecule has 45 heavy (non-hydrogen) atoms. The van der Waals surface area contributed by atoms with Crippen LogP contribution in [0.15, 0.2) is 21.8 Å². The highest BCUT2D eigenvalue weighted by atomic mass is 32.2. The third kappa shape index (κ3) is 8.86. The lowest BCUT2D eigenvalue weighted by atomic mass is 10.0. The van der Waals surface area contributed by atoms with Gasteiger partial charge in [-0.1, -0.05) is 25.6 Å². The molecule has 19 heteroatoms. The molecule has 0 radical (unpaired) electrons. The summed E-state index contributed by atoms with van der Waals surface area (Å²) in [5, 5.41) is 16.7. The van der Waals surface area contributed by atoms with Gasteiger partial charge in [0.05, 0.1) is 18.7 Å². The van der Waals surface area contributed by atoms with Gasteiger partial charge in [-0.05, 0) is 42.9 Å². The number of esters is 1. The molecule has 0 aromatic carbocycles. The summed E-state index contributed by atoms with van der Waals surface area (Å²) < 4.78 is 17.5. The van der Waals surface area contributed by atoms with Gasteiger partial charge in [0.2, 0.25) is 17.4 Å². The monoisotopic (exact) mass is 683 g/mol. The number of tetrazole rings is 1. The van der Waals surface area contributed by atoms with Gasteiger partial charge in [-0.15, -0.1) is 28.2 Å². The summed E-state index contributed by atoms with van der Waals surface area (Å²) in [5.74, 6) is -1.06. The number of carbonyl (C=O) groups excluding carboxylic acids is 4. The third-order valence-electron chi connectivity index (χ3n) is 6.81. The molecule has 2 aliphatic heterocycles. The first-order valence-corrected chi connectivity index (χ1v) is 17.2. The summed E-state index contributed by atoms with van der Waals surface area (Å²) in [6, 6.07) is -0.850. The lowest BCUT2D eigenvalue weighted by Crippen LogP contribution is -2.70. The van der Waals surface area contributed by atoms with E-state index in [1.165, 1.54) is 46.7 Å². The minimum atomic E-state index is -1.29. The summed E-state index contributed by atoms with van der Waals surface area (Å²) in [4.78, 5) is 59.3. The first-order valence-electron chi connectivity index (χ1n) is 14.3. The SMILES string of the molecule is CCC(CC)OC(=O)OC(C)OC(=O)C1=C(CSc2nnnn2CCN(C)C)CS[C@H]2[C@H](NC(=O)Cc3csc(N)n3)C(=O)N12. The van der Waals surface area contributed by atoms with Crippen molar-refractivity contribution >= 4 is 63.9 Å². The number of rotatable bonds is 15. The largest absolute Gasteiger partial charge is 0.511 e. The van der Waals surface area contributed by atoms with E-state index in [-0.39, 0.29) is 24.0 Å². The minimum absolute atomic E-state index is 0.0325. The van der Waals surface area contributed by atoms with Gasteiger partial charge in [0, 0.05) is 30.4 Å². The summed E-state index contributed by atoms with van der Waals surface area (Å²) >= 11 is 3.95. The van der Waals surface area contributed by atoms with E-state index in [9.17, 15) is 19.2 Å². The Balaban J connectivity index is 1.48. The highest BCUT2D eigenvalue weighted by Gasteiger charge is 2.54. The molecule has 0 spiro atoms. The summed E-state index contributed by atoms with van der Waals surface area (Å²) in [7, 11) is 3.89. The minimum Gasteiger partial charge on any atom is -0.431 e. The smallest absolute Gasteiger partial charge is 0.431 e. The molecular formula is C26H37N9O7S3. The number of amides is 2. The van der Waals surface area contributed by atoms with Gasteiger partial charge in [0.25, 0.3) is 5.91 Å². The fourth-order valence-corrected chi connectivity index (χ4v) is 7.40. The van der Waals surface area contributed by atoms with Crippen molar-refractivity contribution in [3.05, 3.63) is 22.3 Å². The number of β-lactam (4-membered cyclic amide) rings is 1. The van der Waals surface area contributed by atoms with E-state index in [4.69, 9.17) is 19.9 Å². The van der Waals surface area contributed by atoms with E-state index in [1.807, 2.05) is 32.8 Å². The number of fused-ring (bicyclic) bond motifs is 1. The maximum Gasteiger partial charge on any atom is 0.511 e. The first kappa shape index (κ1) is 34.5. The standard InChI is InChI=1S/C26H37N9O7S3/c1-6-17(7-2)42-26(39)41-14(3)40-23(38)20-15(12-45-25-30-31-32-34(25)9-8-33(4)5)11-43-22-19(21(37)35(20)22)29-18(36)10-16-13-44-24(27)28-16/h13-14,17,19,22H,6-12H2,1-5H3,(H2,27,28)(H,29,36)/t14?,19-,22+/m1/s1. The lowest BCUT2D eigenvalue weighted by Gasteiger charge is -2.49. The van der Waals surface area contributed by atoms with Crippen LogP contribution in [0.3, 0.4) is 0 Å². The Kier molecular flexibility index (Phi) is 12.0. The molecule has 4 rings (SSSR count). The summed E-state index contributed by atoms with van der Waals surface area (Å²) in [6.45, 7) is 6.43. The van der Waals surface area contributed by atoms with Crippen molar-refractivity contribution < 1.29 is 33.4 Å². The first-order chi connectivity index (χ1) is 21.5. The van der Waals surface area contributed by atoms with E-state index in [0.717, 1.165) is 6.54 Å². The fourth-order valence-electron chi connectivity index (χ4n) is 4.45. The molecular weight excluding hydrogens is 647 g/mol. The maximum absolute atomic E-state index is 13.6. The van der Waals surface area contributed by atoms with Crippen LogP contribution in [0.5, 0.6) is 0 Å². The molecule has 2 aromatic rings. The topological polar surface area (TPSA) is 197 Å². The molecule has 1 fully saturated rings. The van der Waals surface area contributed by atoms with Crippen molar-refractivity contribution in [3.8, 4) is 0 Å². The van der Waals surface area contributed by atoms with Crippen molar-refractivity contribution in [2.45, 2.75) is 75.5 Å². The zero-order valence-corrected chi connectivity index (χ0v) is 28.1. The van der Waals surface area contributed by atoms with Gasteiger partial charge in [-0.2, -0.15) is 0 Å². The number of nitrogen functional groups attached to an aromatic ring is 1. The predicted molar refractivity (Wildman–Crippen MR) is 167 cm³/mol. The Bertz CT molecular complexity index is 1410. The predicted octanol–water partition coefficient (Wildman–Crippen LogP) is 1.49. The molecule has 2 aliphatic rings. The second kappa shape index (κ2) is 15.7. The fraction of sp³-hybridized carbons (Fsp3) is 0.615. The number of carbonyl (C=O) groups is 4. The second-order valence-corrected chi connectivity index (χ2v) is 13.4. The average molecular weight is 684 g/mol. The molecule has 0 saturated carbocycles. The van der Waals surface area contributed by atoms with Crippen LogP contribution in [0.2, 0.25) is 0 Å². The van der Waals surface area contributed by atoms with Crippen molar-refractivity contribution in [3.63, 3.8) is 0 Å². The van der Waals surface area contributed by atoms with Crippen LogP contribution in [0.1, 0.15) is 39.3 Å². The van der Waals surface area contributed by atoms with Gasteiger partial charge in [-0.3, -0.25) is 14.5 Å². The Hall–Kier alpha value is -3.42.